The van der Waals surface area contributed by atoms with Crippen molar-refractivity contribution in [3.05, 3.63) is 35.6 Å². The number of nitrogens with one attached hydrogen (secondary N) is 1. The Balaban J connectivity index is 2.40. The number of halogens is 1. The molecule has 1 aromatic rings. The van der Waals surface area contributed by atoms with Crippen molar-refractivity contribution in [2.75, 3.05) is 13.1 Å². The van der Waals surface area contributed by atoms with Gasteiger partial charge in [0, 0.05) is 6.54 Å². The molecule has 0 aliphatic carbocycles. The van der Waals surface area contributed by atoms with Gasteiger partial charge in [-0.15, -0.1) is 0 Å². The molecule has 0 fully saturated rings. The molecule has 0 aliphatic heterocycles. The van der Waals surface area contributed by atoms with Gasteiger partial charge in [-0.3, -0.25) is 0 Å². The van der Waals surface area contributed by atoms with Crippen LogP contribution in [0.3, 0.4) is 0 Å². The quantitative estimate of drug-likeness (QED) is 0.781. The van der Waals surface area contributed by atoms with Crippen molar-refractivity contribution in [3.8, 4) is 0 Å². The Labute approximate surface area is 90.1 Å². The molecular formula is C12H18FNO. The van der Waals surface area contributed by atoms with Crippen LogP contribution in [0.2, 0.25) is 0 Å². The molecule has 3 heteroatoms. The first-order chi connectivity index (χ1) is 7.09. The van der Waals surface area contributed by atoms with Gasteiger partial charge in [-0.2, -0.15) is 0 Å². The van der Waals surface area contributed by atoms with Crippen molar-refractivity contribution in [1.82, 2.24) is 5.32 Å². The average molecular weight is 211 g/mol. The topological polar surface area (TPSA) is 32.3 Å². The molecule has 0 aliphatic rings. The van der Waals surface area contributed by atoms with E-state index in [0.717, 1.165) is 12.1 Å². The molecule has 0 amide bonds. The molecule has 2 nitrogen and oxygen atoms in total. The molecule has 0 radical (unpaired) electrons. The lowest BCUT2D eigenvalue weighted by molar-refractivity contribution is 0.173. The third-order valence-electron chi connectivity index (χ3n) is 2.15. The monoisotopic (exact) mass is 211 g/mol. The van der Waals surface area contributed by atoms with Crippen molar-refractivity contribution in [1.29, 1.82) is 0 Å². The fourth-order valence-electron chi connectivity index (χ4n) is 1.31. The largest absolute Gasteiger partial charge is 0.387 e. The highest BCUT2D eigenvalue weighted by molar-refractivity contribution is 5.18. The summed E-state index contributed by atoms with van der Waals surface area (Å²) in [5.41, 5.74) is 0.743. The van der Waals surface area contributed by atoms with Crippen LogP contribution in [0.15, 0.2) is 24.3 Å². The van der Waals surface area contributed by atoms with E-state index in [0.29, 0.717) is 12.5 Å². The molecule has 0 spiro atoms. The maximum Gasteiger partial charge on any atom is 0.123 e. The van der Waals surface area contributed by atoms with Gasteiger partial charge in [-0.1, -0.05) is 26.0 Å². The number of rotatable bonds is 5. The minimum Gasteiger partial charge on any atom is -0.387 e. The molecule has 2 N–H and O–H groups in total. The zero-order chi connectivity index (χ0) is 11.3. The van der Waals surface area contributed by atoms with E-state index in [1.165, 1.54) is 12.1 Å². The minimum atomic E-state index is -0.565. The Bertz CT molecular complexity index is 284. The first kappa shape index (κ1) is 12.1. The molecule has 0 saturated carbocycles. The van der Waals surface area contributed by atoms with Crippen LogP contribution in [0, 0.1) is 11.7 Å². The fraction of sp³-hybridized carbons (Fsp3) is 0.500. The smallest absolute Gasteiger partial charge is 0.123 e. The van der Waals surface area contributed by atoms with Crippen LogP contribution in [0.5, 0.6) is 0 Å². The number of hydrogen-bond donors (Lipinski definition) is 2. The van der Waals surface area contributed by atoms with E-state index in [1.54, 1.807) is 12.1 Å². The standard InChI is InChI=1S/C12H18FNO/c1-9(2)7-14-8-12(15)10-3-5-11(13)6-4-10/h3-6,9,12,14-15H,7-8H2,1-2H3/t12-/m1/s1. The van der Waals surface area contributed by atoms with Gasteiger partial charge in [-0.25, -0.2) is 4.39 Å². The van der Waals surface area contributed by atoms with Gasteiger partial charge in [0.1, 0.15) is 5.82 Å². The number of aliphatic hydroxyl groups is 1. The fourth-order valence-corrected chi connectivity index (χ4v) is 1.31. The Morgan fingerprint density at radius 3 is 2.33 bits per heavy atom. The van der Waals surface area contributed by atoms with E-state index < -0.39 is 6.10 Å². The highest BCUT2D eigenvalue weighted by Gasteiger charge is 2.06. The Kier molecular flexibility index (Phi) is 4.72. The third kappa shape index (κ3) is 4.40. The van der Waals surface area contributed by atoms with E-state index in [-0.39, 0.29) is 5.82 Å². The summed E-state index contributed by atoms with van der Waals surface area (Å²) in [6.07, 6.45) is -0.565. The molecule has 0 heterocycles. The second-order valence-electron chi connectivity index (χ2n) is 4.12. The Hall–Kier alpha value is -0.930. The molecule has 84 valence electrons. The summed E-state index contributed by atoms with van der Waals surface area (Å²) >= 11 is 0. The van der Waals surface area contributed by atoms with E-state index in [1.807, 2.05) is 0 Å². The summed E-state index contributed by atoms with van der Waals surface area (Å²) in [7, 11) is 0. The van der Waals surface area contributed by atoms with Crippen LogP contribution in [0.1, 0.15) is 25.5 Å². The lowest BCUT2D eigenvalue weighted by Crippen LogP contribution is -2.25. The van der Waals surface area contributed by atoms with Crippen LogP contribution in [0.25, 0.3) is 0 Å². The summed E-state index contributed by atoms with van der Waals surface area (Å²) in [5, 5.41) is 12.9. The number of benzene rings is 1. The minimum absolute atomic E-state index is 0.277. The van der Waals surface area contributed by atoms with E-state index >= 15 is 0 Å². The molecule has 0 aromatic heterocycles. The normalized spacial score (nSPS) is 13.1. The van der Waals surface area contributed by atoms with Gasteiger partial charge in [0.2, 0.25) is 0 Å². The molecule has 1 aromatic carbocycles. The molecule has 0 unspecified atom stereocenters. The van der Waals surface area contributed by atoms with Crippen molar-refractivity contribution < 1.29 is 9.50 Å². The number of aliphatic hydroxyl groups excluding tert-OH is 1. The summed E-state index contributed by atoms with van der Waals surface area (Å²) in [4.78, 5) is 0. The maximum absolute atomic E-state index is 12.6. The molecule has 0 bridgehead atoms. The van der Waals surface area contributed by atoms with Gasteiger partial charge in [-0.05, 0) is 30.2 Å². The van der Waals surface area contributed by atoms with Crippen molar-refractivity contribution in [2.24, 2.45) is 5.92 Å². The number of hydrogen-bond acceptors (Lipinski definition) is 2. The van der Waals surface area contributed by atoms with Crippen molar-refractivity contribution >= 4 is 0 Å². The van der Waals surface area contributed by atoms with Gasteiger partial charge < -0.3 is 10.4 Å². The van der Waals surface area contributed by atoms with Crippen molar-refractivity contribution in [2.45, 2.75) is 20.0 Å². The van der Waals surface area contributed by atoms with E-state index in [4.69, 9.17) is 0 Å². The third-order valence-corrected chi connectivity index (χ3v) is 2.15. The summed E-state index contributed by atoms with van der Waals surface area (Å²) in [5.74, 6) is 0.284. The lowest BCUT2D eigenvalue weighted by Gasteiger charge is -2.13. The molecule has 1 rings (SSSR count). The maximum atomic E-state index is 12.6. The predicted octanol–water partition coefficient (Wildman–Crippen LogP) is 2.10. The summed E-state index contributed by atoms with van der Waals surface area (Å²) in [6.45, 7) is 5.59. The van der Waals surface area contributed by atoms with E-state index in [9.17, 15) is 9.50 Å². The second-order valence-corrected chi connectivity index (χ2v) is 4.12. The second kappa shape index (κ2) is 5.83. The van der Waals surface area contributed by atoms with Crippen LogP contribution in [0.4, 0.5) is 4.39 Å². The first-order valence-corrected chi connectivity index (χ1v) is 5.24. The highest BCUT2D eigenvalue weighted by atomic mass is 19.1. The molecule has 0 saturated heterocycles. The summed E-state index contributed by atoms with van der Waals surface area (Å²) < 4.78 is 12.6. The first-order valence-electron chi connectivity index (χ1n) is 5.24. The Morgan fingerprint density at radius 2 is 1.80 bits per heavy atom. The zero-order valence-electron chi connectivity index (χ0n) is 9.20. The molecule has 1 atom stereocenters. The van der Waals surface area contributed by atoms with Crippen LogP contribution in [-0.4, -0.2) is 18.2 Å². The van der Waals surface area contributed by atoms with Gasteiger partial charge in [0.05, 0.1) is 6.10 Å². The zero-order valence-corrected chi connectivity index (χ0v) is 9.20. The molecular weight excluding hydrogens is 193 g/mol. The van der Waals surface area contributed by atoms with E-state index in [2.05, 4.69) is 19.2 Å². The highest BCUT2D eigenvalue weighted by Crippen LogP contribution is 2.12. The predicted molar refractivity (Wildman–Crippen MR) is 59.1 cm³/mol. The van der Waals surface area contributed by atoms with Crippen LogP contribution >= 0.6 is 0 Å². The SMILES string of the molecule is CC(C)CNC[C@@H](O)c1ccc(F)cc1. The van der Waals surface area contributed by atoms with Gasteiger partial charge >= 0.3 is 0 Å². The Morgan fingerprint density at radius 1 is 1.20 bits per heavy atom. The van der Waals surface area contributed by atoms with Gasteiger partial charge in [0.15, 0.2) is 0 Å². The lowest BCUT2D eigenvalue weighted by atomic mass is 10.1. The van der Waals surface area contributed by atoms with Crippen LogP contribution < -0.4 is 5.32 Å². The molecule has 15 heavy (non-hydrogen) atoms. The van der Waals surface area contributed by atoms with Crippen LogP contribution in [-0.2, 0) is 0 Å². The van der Waals surface area contributed by atoms with Crippen molar-refractivity contribution in [3.63, 3.8) is 0 Å². The average Bonchev–Trinajstić information content (AvgIpc) is 2.18. The summed E-state index contributed by atoms with van der Waals surface area (Å²) in [6, 6.07) is 5.94. The van der Waals surface area contributed by atoms with Gasteiger partial charge in [0.25, 0.3) is 0 Å².